The summed E-state index contributed by atoms with van der Waals surface area (Å²) in [6.07, 6.45) is 0.604. The lowest BCUT2D eigenvalue weighted by Gasteiger charge is -2.23. The van der Waals surface area contributed by atoms with Gasteiger partial charge in [0, 0.05) is 18.7 Å². The van der Waals surface area contributed by atoms with E-state index in [1.165, 1.54) is 0 Å². The first-order chi connectivity index (χ1) is 8.89. The van der Waals surface area contributed by atoms with Crippen LogP contribution in [0.4, 0.5) is 5.69 Å². The van der Waals surface area contributed by atoms with E-state index in [4.69, 9.17) is 22.7 Å². The van der Waals surface area contributed by atoms with E-state index in [-0.39, 0.29) is 17.3 Å². The number of hydrogen-bond donors (Lipinski definition) is 2. The average Bonchev–Trinajstić information content (AvgIpc) is 2.50. The summed E-state index contributed by atoms with van der Waals surface area (Å²) in [7, 11) is -2.93. The zero-order valence-electron chi connectivity index (χ0n) is 10.4. The van der Waals surface area contributed by atoms with Gasteiger partial charge >= 0.3 is 0 Å². The van der Waals surface area contributed by atoms with Crippen molar-refractivity contribution in [2.45, 2.75) is 6.42 Å². The van der Waals surface area contributed by atoms with Crippen LogP contribution in [0, 0.1) is 5.41 Å². The Morgan fingerprint density at radius 1 is 1.32 bits per heavy atom. The second kappa shape index (κ2) is 5.38. The lowest BCUT2D eigenvalue weighted by molar-refractivity contribution is 0.597. The van der Waals surface area contributed by atoms with Gasteiger partial charge in [-0.2, -0.15) is 0 Å². The number of anilines is 1. The zero-order chi connectivity index (χ0) is 14.0. The molecule has 1 aliphatic heterocycles. The number of amidine groups is 1. The molecule has 1 aromatic carbocycles. The molecule has 2 rings (SSSR count). The number of benzene rings is 1. The molecule has 1 aliphatic rings. The van der Waals surface area contributed by atoms with Crippen LogP contribution in [0.1, 0.15) is 12.0 Å². The maximum Gasteiger partial charge on any atom is 0.152 e. The number of nitrogens with one attached hydrogen (secondary N) is 1. The van der Waals surface area contributed by atoms with E-state index in [1.54, 1.807) is 18.2 Å². The Labute approximate surface area is 117 Å². The topological polar surface area (TPSA) is 87.2 Å². The fraction of sp³-hybridized carbons (Fsp3) is 0.417. The Morgan fingerprint density at radius 2 is 2.05 bits per heavy atom. The molecule has 0 radical (unpaired) electrons. The highest BCUT2D eigenvalue weighted by atomic mass is 35.5. The van der Waals surface area contributed by atoms with Gasteiger partial charge < -0.3 is 10.6 Å². The van der Waals surface area contributed by atoms with E-state index >= 15 is 0 Å². The molecule has 0 bridgehead atoms. The summed E-state index contributed by atoms with van der Waals surface area (Å²) in [6, 6.07) is 5.15. The molecule has 1 saturated heterocycles. The van der Waals surface area contributed by atoms with Gasteiger partial charge in [-0.25, -0.2) is 8.42 Å². The summed E-state index contributed by atoms with van der Waals surface area (Å²) < 4.78 is 23.1. The minimum absolute atomic E-state index is 0.0353. The first kappa shape index (κ1) is 14.1. The van der Waals surface area contributed by atoms with Crippen molar-refractivity contribution in [1.82, 2.24) is 0 Å². The Balaban J connectivity index is 2.25. The minimum atomic E-state index is -2.93. The van der Waals surface area contributed by atoms with E-state index in [9.17, 15) is 8.42 Å². The van der Waals surface area contributed by atoms with Crippen molar-refractivity contribution in [3.8, 4) is 0 Å². The maximum absolute atomic E-state index is 11.6. The second-order valence-corrected chi connectivity index (χ2v) is 7.28. The quantitative estimate of drug-likeness (QED) is 0.636. The molecule has 0 aromatic heterocycles. The number of halogens is 1. The van der Waals surface area contributed by atoms with Crippen molar-refractivity contribution < 1.29 is 8.42 Å². The molecule has 1 aromatic rings. The Morgan fingerprint density at radius 3 is 2.68 bits per heavy atom. The molecule has 0 unspecified atom stereocenters. The highest BCUT2D eigenvalue weighted by molar-refractivity contribution is 7.91. The van der Waals surface area contributed by atoms with Gasteiger partial charge in [0.15, 0.2) is 9.84 Å². The summed E-state index contributed by atoms with van der Waals surface area (Å²) in [5.41, 5.74) is 6.76. The normalized spacial score (nSPS) is 18.9. The van der Waals surface area contributed by atoms with E-state index in [0.717, 1.165) is 5.69 Å². The Hall–Kier alpha value is -1.27. The molecule has 1 heterocycles. The molecular formula is C12H16ClN3O2S. The zero-order valence-corrected chi connectivity index (χ0v) is 12.0. The van der Waals surface area contributed by atoms with Crippen molar-refractivity contribution >= 4 is 33.0 Å². The van der Waals surface area contributed by atoms with Crippen LogP contribution < -0.4 is 10.6 Å². The smallest absolute Gasteiger partial charge is 0.152 e. The molecular weight excluding hydrogens is 286 g/mol. The van der Waals surface area contributed by atoms with Gasteiger partial charge in [0.05, 0.1) is 22.2 Å². The summed E-state index contributed by atoms with van der Waals surface area (Å²) in [5, 5.41) is 7.85. The molecule has 0 amide bonds. The van der Waals surface area contributed by atoms with E-state index in [0.29, 0.717) is 30.1 Å². The number of rotatable bonds is 2. The molecule has 1 fully saturated rings. The highest BCUT2D eigenvalue weighted by Gasteiger charge is 2.20. The third kappa shape index (κ3) is 3.39. The summed E-state index contributed by atoms with van der Waals surface area (Å²) >= 11 is 6.19. The van der Waals surface area contributed by atoms with Crippen molar-refractivity contribution in [2.24, 2.45) is 5.73 Å². The molecule has 0 aliphatic carbocycles. The lowest BCUT2D eigenvalue weighted by Crippen LogP contribution is -2.27. The number of nitrogens with zero attached hydrogens (tertiary/aromatic N) is 1. The third-order valence-corrected chi connectivity index (χ3v) is 5.17. The highest BCUT2D eigenvalue weighted by Crippen LogP contribution is 2.28. The van der Waals surface area contributed by atoms with Gasteiger partial charge in [0.2, 0.25) is 0 Å². The molecule has 0 atom stereocenters. The van der Waals surface area contributed by atoms with Crippen molar-refractivity contribution in [1.29, 1.82) is 5.41 Å². The second-order valence-electron chi connectivity index (χ2n) is 4.57. The van der Waals surface area contributed by atoms with Crippen LogP contribution in [0.5, 0.6) is 0 Å². The van der Waals surface area contributed by atoms with Crippen molar-refractivity contribution in [3.63, 3.8) is 0 Å². The maximum atomic E-state index is 11.6. The van der Waals surface area contributed by atoms with E-state index in [2.05, 4.69) is 0 Å². The number of nitrogen functional groups attached to an aromatic ring is 1. The first-order valence-electron chi connectivity index (χ1n) is 5.98. The van der Waals surface area contributed by atoms with Gasteiger partial charge in [-0.3, -0.25) is 5.41 Å². The number of hydrogen-bond acceptors (Lipinski definition) is 4. The van der Waals surface area contributed by atoms with Crippen LogP contribution in [0.3, 0.4) is 0 Å². The standard InChI is InChI=1S/C12H16ClN3O2S/c13-10-8-9(12(14)15)2-3-11(10)16-4-1-6-19(17,18)7-5-16/h2-3,8H,1,4-7H2,(H3,14,15). The van der Waals surface area contributed by atoms with Crippen LogP contribution in [-0.4, -0.2) is 38.8 Å². The monoisotopic (exact) mass is 301 g/mol. The Bertz CT molecular complexity index is 601. The molecule has 19 heavy (non-hydrogen) atoms. The van der Waals surface area contributed by atoms with Crippen molar-refractivity contribution in [2.75, 3.05) is 29.5 Å². The van der Waals surface area contributed by atoms with Gasteiger partial charge in [0.25, 0.3) is 0 Å². The van der Waals surface area contributed by atoms with Gasteiger partial charge in [-0.1, -0.05) is 11.6 Å². The average molecular weight is 302 g/mol. The predicted octanol–water partition coefficient (Wildman–Crippen LogP) is 1.25. The largest absolute Gasteiger partial charge is 0.384 e. The van der Waals surface area contributed by atoms with Gasteiger partial charge in [-0.05, 0) is 24.6 Å². The molecule has 0 saturated carbocycles. The third-order valence-electron chi connectivity index (χ3n) is 3.15. The first-order valence-corrected chi connectivity index (χ1v) is 8.18. The van der Waals surface area contributed by atoms with E-state index < -0.39 is 9.84 Å². The van der Waals surface area contributed by atoms with Crippen LogP contribution >= 0.6 is 11.6 Å². The summed E-state index contributed by atoms with van der Waals surface area (Å²) in [5.74, 6) is 0.344. The fourth-order valence-electron chi connectivity index (χ4n) is 2.11. The number of sulfone groups is 1. The van der Waals surface area contributed by atoms with Crippen LogP contribution in [-0.2, 0) is 9.84 Å². The van der Waals surface area contributed by atoms with Gasteiger partial charge in [0.1, 0.15) is 5.84 Å². The fourth-order valence-corrected chi connectivity index (χ4v) is 3.68. The summed E-state index contributed by atoms with van der Waals surface area (Å²) in [6.45, 7) is 1.11. The molecule has 5 nitrogen and oxygen atoms in total. The van der Waals surface area contributed by atoms with Crippen LogP contribution in [0.25, 0.3) is 0 Å². The number of nitrogens with two attached hydrogens (primary N) is 1. The van der Waals surface area contributed by atoms with Gasteiger partial charge in [-0.15, -0.1) is 0 Å². The Kier molecular flexibility index (Phi) is 4.01. The minimum Gasteiger partial charge on any atom is -0.384 e. The molecule has 3 N–H and O–H groups in total. The van der Waals surface area contributed by atoms with E-state index in [1.807, 2.05) is 4.90 Å². The SMILES string of the molecule is N=C(N)c1ccc(N2CCCS(=O)(=O)CC2)c(Cl)c1. The van der Waals surface area contributed by atoms with Crippen molar-refractivity contribution in [3.05, 3.63) is 28.8 Å². The van der Waals surface area contributed by atoms with Crippen LogP contribution in [0.15, 0.2) is 18.2 Å². The molecule has 104 valence electrons. The van der Waals surface area contributed by atoms with Crippen LogP contribution in [0.2, 0.25) is 5.02 Å². The predicted molar refractivity (Wildman–Crippen MR) is 78.0 cm³/mol. The summed E-state index contributed by atoms with van der Waals surface area (Å²) in [4.78, 5) is 1.97. The molecule has 7 heteroatoms. The lowest BCUT2D eigenvalue weighted by atomic mass is 10.1. The molecule has 0 spiro atoms.